The van der Waals surface area contributed by atoms with Crippen LogP contribution in [-0.4, -0.2) is 16.2 Å². The zero-order valence-corrected chi connectivity index (χ0v) is 13.6. The van der Waals surface area contributed by atoms with Crippen molar-refractivity contribution in [3.63, 3.8) is 0 Å². The average Bonchev–Trinajstić information content (AvgIpc) is 2.76. The fourth-order valence-corrected chi connectivity index (χ4v) is 4.71. The largest absolute Gasteiger partial charge is 0.296 e. The van der Waals surface area contributed by atoms with Crippen molar-refractivity contribution >= 4 is 11.8 Å². The Labute approximate surface area is 132 Å². The van der Waals surface area contributed by atoms with Gasteiger partial charge < -0.3 is 0 Å². The van der Waals surface area contributed by atoms with E-state index in [0.717, 1.165) is 18.6 Å². The van der Waals surface area contributed by atoms with Gasteiger partial charge in [0.1, 0.15) is 0 Å². The highest BCUT2D eigenvalue weighted by atomic mass is 32.2. The normalized spacial score (nSPS) is 19.5. The summed E-state index contributed by atoms with van der Waals surface area (Å²) < 4.78 is 0. The summed E-state index contributed by atoms with van der Waals surface area (Å²) in [6, 6.07) is 21.7. The maximum absolute atomic E-state index is 3.90. The first kappa shape index (κ1) is 14.7. The van der Waals surface area contributed by atoms with Gasteiger partial charge in [-0.1, -0.05) is 60.7 Å². The van der Waals surface area contributed by atoms with Crippen LogP contribution in [0.1, 0.15) is 25.0 Å². The van der Waals surface area contributed by atoms with E-state index in [-0.39, 0.29) is 10.4 Å². The van der Waals surface area contributed by atoms with Crippen molar-refractivity contribution in [3.05, 3.63) is 71.8 Å². The van der Waals surface area contributed by atoms with Crippen molar-refractivity contribution in [2.75, 3.05) is 5.75 Å². The molecule has 0 unspecified atom stereocenters. The monoisotopic (exact) mass is 297 g/mol. The third-order valence-corrected chi connectivity index (χ3v) is 5.75. The first-order chi connectivity index (χ1) is 10.1. The quantitative estimate of drug-likeness (QED) is 0.904. The maximum Gasteiger partial charge on any atom is 0.0731 e. The van der Waals surface area contributed by atoms with E-state index >= 15 is 0 Å². The third kappa shape index (κ3) is 3.69. The second-order valence-electron chi connectivity index (χ2n) is 6.62. The molecule has 0 aliphatic carbocycles. The standard InChI is InChI=1S/C19H23NS/c1-18(2)15-21-19(20-18,13-16-9-5-3-6-10-16)14-17-11-7-4-8-12-17/h3-12,20H,13-15H2,1-2H3. The van der Waals surface area contributed by atoms with E-state index in [1.54, 1.807) is 0 Å². The molecule has 0 radical (unpaired) electrons. The molecule has 0 amide bonds. The third-order valence-electron chi connectivity index (χ3n) is 3.94. The molecule has 0 spiro atoms. The molecule has 3 rings (SSSR count). The summed E-state index contributed by atoms with van der Waals surface area (Å²) in [7, 11) is 0. The Balaban J connectivity index is 1.85. The summed E-state index contributed by atoms with van der Waals surface area (Å²) in [5.41, 5.74) is 3.02. The van der Waals surface area contributed by atoms with Crippen molar-refractivity contribution in [2.24, 2.45) is 0 Å². The molecule has 2 heteroatoms. The Kier molecular flexibility index (Phi) is 4.10. The van der Waals surface area contributed by atoms with Gasteiger partial charge in [0.05, 0.1) is 4.87 Å². The lowest BCUT2D eigenvalue weighted by Gasteiger charge is -2.32. The summed E-state index contributed by atoms with van der Waals surface area (Å²) in [4.78, 5) is 0.103. The van der Waals surface area contributed by atoms with Crippen molar-refractivity contribution in [2.45, 2.75) is 37.1 Å². The SMILES string of the molecule is CC1(C)CSC(Cc2ccccc2)(Cc2ccccc2)N1. The maximum atomic E-state index is 3.90. The molecule has 1 N–H and O–H groups in total. The van der Waals surface area contributed by atoms with Crippen LogP contribution in [0.15, 0.2) is 60.7 Å². The summed E-state index contributed by atoms with van der Waals surface area (Å²) in [5.74, 6) is 1.16. The van der Waals surface area contributed by atoms with E-state index in [4.69, 9.17) is 0 Å². The second-order valence-corrected chi connectivity index (χ2v) is 7.98. The fourth-order valence-electron chi connectivity index (χ4n) is 3.11. The predicted molar refractivity (Wildman–Crippen MR) is 92.7 cm³/mol. The lowest BCUT2D eigenvalue weighted by molar-refractivity contribution is 0.359. The number of hydrogen-bond acceptors (Lipinski definition) is 2. The summed E-state index contributed by atoms with van der Waals surface area (Å²) >= 11 is 2.08. The van der Waals surface area contributed by atoms with Crippen LogP contribution in [0.4, 0.5) is 0 Å². The van der Waals surface area contributed by atoms with Gasteiger partial charge in [0.2, 0.25) is 0 Å². The molecule has 110 valence electrons. The van der Waals surface area contributed by atoms with Crippen molar-refractivity contribution in [3.8, 4) is 0 Å². The zero-order valence-electron chi connectivity index (χ0n) is 12.8. The molecule has 2 aromatic carbocycles. The van der Waals surface area contributed by atoms with E-state index < -0.39 is 0 Å². The average molecular weight is 297 g/mol. The highest BCUT2D eigenvalue weighted by Gasteiger charge is 2.43. The van der Waals surface area contributed by atoms with Gasteiger partial charge in [0.25, 0.3) is 0 Å². The number of nitrogens with one attached hydrogen (secondary N) is 1. The van der Waals surface area contributed by atoms with Gasteiger partial charge >= 0.3 is 0 Å². The van der Waals surface area contributed by atoms with Crippen LogP contribution in [-0.2, 0) is 12.8 Å². The van der Waals surface area contributed by atoms with Crippen LogP contribution in [0, 0.1) is 0 Å². The Morgan fingerprint density at radius 2 is 1.33 bits per heavy atom. The van der Waals surface area contributed by atoms with E-state index in [1.807, 2.05) is 0 Å². The van der Waals surface area contributed by atoms with Gasteiger partial charge in [0, 0.05) is 24.1 Å². The lowest BCUT2D eigenvalue weighted by Crippen LogP contribution is -2.49. The van der Waals surface area contributed by atoms with Gasteiger partial charge in [-0.25, -0.2) is 0 Å². The van der Waals surface area contributed by atoms with Crippen LogP contribution in [0.25, 0.3) is 0 Å². The molecule has 1 heterocycles. The van der Waals surface area contributed by atoms with Crippen molar-refractivity contribution in [1.29, 1.82) is 0 Å². The molecule has 1 saturated heterocycles. The smallest absolute Gasteiger partial charge is 0.0731 e. The zero-order chi connectivity index (χ0) is 14.8. The van der Waals surface area contributed by atoms with E-state index in [2.05, 4.69) is 91.6 Å². The second kappa shape index (κ2) is 5.86. The molecule has 1 fully saturated rings. The minimum Gasteiger partial charge on any atom is -0.296 e. The van der Waals surface area contributed by atoms with Crippen LogP contribution in [0.2, 0.25) is 0 Å². The molecule has 0 aromatic heterocycles. The summed E-state index contributed by atoms with van der Waals surface area (Å²) in [6.45, 7) is 4.61. The highest BCUT2D eigenvalue weighted by Crippen LogP contribution is 2.40. The van der Waals surface area contributed by atoms with Crippen LogP contribution >= 0.6 is 11.8 Å². The van der Waals surface area contributed by atoms with Crippen LogP contribution < -0.4 is 5.32 Å². The summed E-state index contributed by atoms with van der Waals surface area (Å²) in [5, 5.41) is 3.90. The number of thioether (sulfide) groups is 1. The minimum absolute atomic E-state index is 0.103. The number of hydrogen-bond donors (Lipinski definition) is 1. The fraction of sp³-hybridized carbons (Fsp3) is 0.368. The Morgan fingerprint density at radius 1 is 0.857 bits per heavy atom. The molecule has 21 heavy (non-hydrogen) atoms. The lowest BCUT2D eigenvalue weighted by atomic mass is 9.95. The van der Waals surface area contributed by atoms with Gasteiger partial charge in [-0.15, -0.1) is 11.8 Å². The molecule has 0 bridgehead atoms. The Morgan fingerprint density at radius 3 is 1.71 bits per heavy atom. The minimum atomic E-state index is 0.103. The topological polar surface area (TPSA) is 12.0 Å². The van der Waals surface area contributed by atoms with Crippen LogP contribution in [0.3, 0.4) is 0 Å². The predicted octanol–water partition coefficient (Wildman–Crippen LogP) is 4.28. The van der Waals surface area contributed by atoms with Gasteiger partial charge in [-0.05, 0) is 25.0 Å². The van der Waals surface area contributed by atoms with Crippen LogP contribution in [0.5, 0.6) is 0 Å². The van der Waals surface area contributed by atoms with E-state index in [0.29, 0.717) is 0 Å². The molecular formula is C19H23NS. The number of benzene rings is 2. The van der Waals surface area contributed by atoms with Crippen molar-refractivity contribution in [1.82, 2.24) is 5.32 Å². The molecule has 2 aromatic rings. The molecule has 1 aliphatic rings. The first-order valence-electron chi connectivity index (χ1n) is 7.58. The van der Waals surface area contributed by atoms with Gasteiger partial charge in [0.15, 0.2) is 0 Å². The van der Waals surface area contributed by atoms with Gasteiger partial charge in [-0.2, -0.15) is 0 Å². The van der Waals surface area contributed by atoms with Gasteiger partial charge in [-0.3, -0.25) is 5.32 Å². The van der Waals surface area contributed by atoms with Crippen molar-refractivity contribution < 1.29 is 0 Å². The summed E-state index contributed by atoms with van der Waals surface area (Å²) in [6.07, 6.45) is 2.13. The molecule has 0 atom stereocenters. The molecular weight excluding hydrogens is 274 g/mol. The molecule has 1 nitrogen and oxygen atoms in total. The van der Waals surface area contributed by atoms with E-state index in [1.165, 1.54) is 11.1 Å². The number of rotatable bonds is 4. The first-order valence-corrected chi connectivity index (χ1v) is 8.57. The molecule has 1 aliphatic heterocycles. The Hall–Kier alpha value is -1.25. The van der Waals surface area contributed by atoms with E-state index in [9.17, 15) is 0 Å². The highest BCUT2D eigenvalue weighted by molar-refractivity contribution is 8.01. The Bertz CT molecular complexity index is 536. The molecule has 0 saturated carbocycles.